The van der Waals surface area contributed by atoms with Crippen LogP contribution in [0, 0.1) is 0 Å². The molecule has 96 valence electrons. The van der Waals surface area contributed by atoms with E-state index in [0.29, 0.717) is 0 Å². The van der Waals surface area contributed by atoms with Gasteiger partial charge in [0.2, 0.25) is 0 Å². The molecule has 0 radical (unpaired) electrons. The smallest absolute Gasteiger partial charge is 0.144 e. The highest BCUT2D eigenvalue weighted by Crippen LogP contribution is 2.17. The predicted octanol–water partition coefficient (Wildman–Crippen LogP) is 2.45. The quantitative estimate of drug-likeness (QED) is 0.781. The van der Waals surface area contributed by atoms with E-state index in [1.807, 2.05) is 50.7 Å². The second-order valence-electron chi connectivity index (χ2n) is 5.14. The van der Waals surface area contributed by atoms with Gasteiger partial charge in [-0.15, -0.1) is 0 Å². The van der Waals surface area contributed by atoms with E-state index in [2.05, 4.69) is 9.50 Å². The minimum Gasteiger partial charge on any atom is -0.268 e. The summed E-state index contributed by atoms with van der Waals surface area (Å²) in [6.07, 6.45) is 3.47. The van der Waals surface area contributed by atoms with E-state index in [1.165, 1.54) is 0 Å². The fourth-order valence-electron chi connectivity index (χ4n) is 1.58. The summed E-state index contributed by atoms with van der Waals surface area (Å²) < 4.78 is 17.5. The Hall–Kier alpha value is -1.49. The van der Waals surface area contributed by atoms with Crippen LogP contribution in [0.5, 0.6) is 0 Å². The summed E-state index contributed by atoms with van der Waals surface area (Å²) >= 11 is 0. The second-order valence-corrected chi connectivity index (χ2v) is 7.08. The highest BCUT2D eigenvalue weighted by molar-refractivity contribution is 7.85. The van der Waals surface area contributed by atoms with Crippen molar-refractivity contribution in [2.75, 3.05) is 0 Å². The topological polar surface area (TPSA) is 47.2 Å². The molecule has 0 amide bonds. The first-order chi connectivity index (χ1) is 8.39. The van der Waals surface area contributed by atoms with Gasteiger partial charge in [-0.2, -0.15) is 9.50 Å². The first-order valence-electron chi connectivity index (χ1n) is 5.76. The molecule has 5 heteroatoms. The van der Waals surface area contributed by atoms with E-state index in [9.17, 15) is 4.21 Å². The molecule has 0 aliphatic heterocycles. The fourth-order valence-corrected chi connectivity index (χ4v) is 2.10. The lowest BCUT2D eigenvalue weighted by Gasteiger charge is -2.12. The number of aromatic nitrogens is 2. The molecule has 0 fully saturated rings. The minimum absolute atomic E-state index is 0.334. The zero-order valence-corrected chi connectivity index (χ0v) is 11.9. The summed E-state index contributed by atoms with van der Waals surface area (Å²) in [7, 11) is 0.668. The Morgan fingerprint density at radius 2 is 2.11 bits per heavy atom. The minimum atomic E-state index is -1.23. The number of aryl methyl sites for hydroxylation is 1. The molecule has 0 unspecified atom stereocenters. The third kappa shape index (κ3) is 2.51. The molecular weight excluding hydrogens is 246 g/mol. The maximum absolute atomic E-state index is 11.9. The summed E-state index contributed by atoms with van der Waals surface area (Å²) in [6, 6.07) is 5.90. The largest absolute Gasteiger partial charge is 0.268 e. The Balaban J connectivity index is 2.38. The zero-order chi connectivity index (χ0) is 13.3. The van der Waals surface area contributed by atoms with E-state index >= 15 is 0 Å². The van der Waals surface area contributed by atoms with Crippen LogP contribution in [-0.2, 0) is 18.0 Å². The second kappa shape index (κ2) is 4.65. The van der Waals surface area contributed by atoms with Gasteiger partial charge in [-0.3, -0.25) is 4.68 Å². The highest BCUT2D eigenvalue weighted by atomic mass is 32.2. The van der Waals surface area contributed by atoms with Crippen molar-refractivity contribution >= 4 is 28.1 Å². The number of hydrogen-bond acceptors (Lipinski definition) is 2. The number of nitrogens with zero attached hydrogens (tertiary/aromatic N) is 3. The average molecular weight is 263 g/mol. The van der Waals surface area contributed by atoms with E-state index in [1.54, 1.807) is 12.4 Å². The third-order valence-corrected chi connectivity index (χ3v) is 3.98. The summed E-state index contributed by atoms with van der Waals surface area (Å²) in [6.45, 7) is 5.72. The lowest BCUT2D eigenvalue weighted by molar-refractivity contribution is 0.651. The van der Waals surface area contributed by atoms with Gasteiger partial charge in [0, 0.05) is 24.2 Å². The van der Waals surface area contributed by atoms with E-state index < -0.39 is 11.0 Å². The maximum Gasteiger partial charge on any atom is 0.144 e. The number of benzene rings is 1. The van der Waals surface area contributed by atoms with Crippen LogP contribution < -0.4 is 0 Å². The Kier molecular flexibility index (Phi) is 3.34. The molecule has 4 nitrogen and oxygen atoms in total. The molecular formula is C13H17N3OS. The Morgan fingerprint density at radius 1 is 1.39 bits per heavy atom. The number of hydrogen-bond donors (Lipinski definition) is 0. The first kappa shape index (κ1) is 13.0. The van der Waals surface area contributed by atoms with E-state index in [0.717, 1.165) is 16.5 Å². The van der Waals surface area contributed by atoms with Crippen molar-refractivity contribution in [3.8, 4) is 0 Å². The molecule has 18 heavy (non-hydrogen) atoms. The van der Waals surface area contributed by atoms with Gasteiger partial charge < -0.3 is 0 Å². The van der Waals surface area contributed by atoms with Crippen molar-refractivity contribution in [2.24, 2.45) is 11.4 Å². The van der Waals surface area contributed by atoms with Gasteiger partial charge >= 0.3 is 0 Å². The average Bonchev–Trinajstić information content (AvgIpc) is 2.67. The summed E-state index contributed by atoms with van der Waals surface area (Å²) in [5.41, 5.74) is 1.98. The number of rotatable bonds is 2. The van der Waals surface area contributed by atoms with Gasteiger partial charge in [0.25, 0.3) is 0 Å². The lowest BCUT2D eigenvalue weighted by Crippen LogP contribution is -2.19. The fraction of sp³-hybridized carbons (Fsp3) is 0.385. The molecule has 0 saturated carbocycles. The van der Waals surface area contributed by atoms with Crippen LogP contribution in [0.3, 0.4) is 0 Å². The van der Waals surface area contributed by atoms with Crippen LogP contribution in [-0.4, -0.2) is 25.0 Å². The molecule has 1 atom stereocenters. The predicted molar refractivity (Wildman–Crippen MR) is 76.2 cm³/mol. The molecule has 0 bridgehead atoms. The van der Waals surface area contributed by atoms with Crippen LogP contribution in [0.25, 0.3) is 10.9 Å². The normalized spacial score (nSPS) is 14.4. The van der Waals surface area contributed by atoms with Gasteiger partial charge in [0.05, 0.1) is 16.5 Å². The van der Waals surface area contributed by atoms with Gasteiger partial charge in [-0.25, -0.2) is 4.21 Å². The molecule has 1 aromatic carbocycles. The van der Waals surface area contributed by atoms with Crippen molar-refractivity contribution in [3.05, 3.63) is 30.0 Å². The van der Waals surface area contributed by atoms with Crippen LogP contribution in [0.2, 0.25) is 0 Å². The monoisotopic (exact) mass is 263 g/mol. The van der Waals surface area contributed by atoms with Crippen molar-refractivity contribution in [1.82, 2.24) is 9.78 Å². The van der Waals surface area contributed by atoms with Crippen LogP contribution >= 0.6 is 0 Å². The highest BCUT2D eigenvalue weighted by Gasteiger charge is 2.18. The third-order valence-electron chi connectivity index (χ3n) is 2.64. The van der Waals surface area contributed by atoms with Crippen molar-refractivity contribution in [3.63, 3.8) is 0 Å². The van der Waals surface area contributed by atoms with Crippen LogP contribution in [0.15, 0.2) is 28.8 Å². The van der Waals surface area contributed by atoms with E-state index in [-0.39, 0.29) is 4.75 Å². The van der Waals surface area contributed by atoms with Crippen molar-refractivity contribution < 1.29 is 4.21 Å². The van der Waals surface area contributed by atoms with Crippen molar-refractivity contribution in [1.29, 1.82) is 0 Å². The van der Waals surface area contributed by atoms with Gasteiger partial charge in [-0.05, 0) is 26.8 Å². The molecule has 1 aromatic heterocycles. The molecule has 2 rings (SSSR count). The molecule has 1 heterocycles. The lowest BCUT2D eigenvalue weighted by atomic mass is 10.1. The van der Waals surface area contributed by atoms with E-state index in [4.69, 9.17) is 0 Å². The van der Waals surface area contributed by atoms with Gasteiger partial charge in [0.15, 0.2) is 0 Å². The Labute approximate surface area is 109 Å². The molecule has 2 aromatic rings. The van der Waals surface area contributed by atoms with Gasteiger partial charge in [0.1, 0.15) is 11.0 Å². The molecule has 0 aliphatic carbocycles. The standard InChI is InChI=1S/C13H17N3OS/c1-13(2,3)18(17)15-8-10-6-5-7-12-11(10)9-14-16(12)4/h5-9H,1-4H3/t18-/m0/s1. The van der Waals surface area contributed by atoms with Crippen LogP contribution in [0.4, 0.5) is 0 Å². The summed E-state index contributed by atoms with van der Waals surface area (Å²) in [5, 5.41) is 5.23. The SMILES string of the molecule is Cn1ncc2c(C=N[S@@](=O)C(C)(C)C)cccc21. The molecule has 0 aliphatic rings. The first-order valence-corrected chi connectivity index (χ1v) is 6.87. The maximum atomic E-state index is 11.9. The summed E-state index contributed by atoms with van der Waals surface area (Å²) in [4.78, 5) is 0. The molecule has 0 N–H and O–H groups in total. The van der Waals surface area contributed by atoms with Gasteiger partial charge in [-0.1, -0.05) is 12.1 Å². The number of fused-ring (bicyclic) bond motifs is 1. The Bertz CT molecular complexity index is 623. The molecule has 0 spiro atoms. The zero-order valence-electron chi connectivity index (χ0n) is 11.0. The Morgan fingerprint density at radius 3 is 2.78 bits per heavy atom. The molecule has 0 saturated heterocycles. The van der Waals surface area contributed by atoms with Crippen LogP contribution in [0.1, 0.15) is 26.3 Å². The van der Waals surface area contributed by atoms with Crippen molar-refractivity contribution in [2.45, 2.75) is 25.5 Å². The summed E-state index contributed by atoms with van der Waals surface area (Å²) in [5.74, 6) is 0.